The minimum Gasteiger partial charge on any atom is -0.369 e. The smallest absolute Gasteiger partial charge is 0.206 e. The molecule has 5 heteroatoms. The third-order valence-corrected chi connectivity index (χ3v) is 1.97. The molecule has 0 heterocycles. The third-order valence-electron chi connectivity index (χ3n) is 1.43. The molecule has 0 fully saturated rings. The van der Waals surface area contributed by atoms with Gasteiger partial charge in [0.1, 0.15) is 0 Å². The number of hydrogen-bond acceptors (Lipinski definition) is 2. The van der Waals surface area contributed by atoms with Gasteiger partial charge < -0.3 is 5.73 Å². The topological polar surface area (TPSA) is 74.3 Å². The molecule has 0 aromatic heterocycles. The largest absolute Gasteiger partial charge is 0.369 e. The standard InChI is InChI=1S/C9H15ClN4/c1-3-4-5-8(10)7(2)6-13-14-9(11)12/h3-8H,1H2,2H3,(H4,11,12,14)/b5-4-,13-6+. The molecule has 0 radical (unpaired) electrons. The summed E-state index contributed by atoms with van der Waals surface area (Å²) in [5, 5.41) is 10.4. The number of alkyl halides is 1. The average molecular weight is 215 g/mol. The van der Waals surface area contributed by atoms with E-state index in [9.17, 15) is 0 Å². The van der Waals surface area contributed by atoms with Crippen molar-refractivity contribution >= 4 is 23.8 Å². The van der Waals surface area contributed by atoms with Crippen molar-refractivity contribution in [3.05, 3.63) is 24.8 Å². The van der Waals surface area contributed by atoms with Gasteiger partial charge in [-0.25, -0.2) is 5.43 Å². The fourth-order valence-electron chi connectivity index (χ4n) is 0.667. The maximum Gasteiger partial charge on any atom is 0.206 e. The van der Waals surface area contributed by atoms with Crippen molar-refractivity contribution < 1.29 is 0 Å². The molecule has 0 aromatic rings. The van der Waals surface area contributed by atoms with E-state index in [-0.39, 0.29) is 17.3 Å². The summed E-state index contributed by atoms with van der Waals surface area (Å²) in [7, 11) is 0. The van der Waals surface area contributed by atoms with Crippen LogP contribution in [0.1, 0.15) is 6.92 Å². The fourth-order valence-corrected chi connectivity index (χ4v) is 0.816. The lowest BCUT2D eigenvalue weighted by Crippen LogP contribution is -2.26. The maximum absolute atomic E-state index is 6.85. The molecule has 78 valence electrons. The van der Waals surface area contributed by atoms with E-state index in [2.05, 4.69) is 17.1 Å². The number of hydrogen-bond donors (Lipinski definition) is 3. The summed E-state index contributed by atoms with van der Waals surface area (Å²) in [6, 6.07) is 0. The van der Waals surface area contributed by atoms with Crippen molar-refractivity contribution in [2.24, 2.45) is 16.8 Å². The summed E-state index contributed by atoms with van der Waals surface area (Å²) in [6.07, 6.45) is 6.86. The van der Waals surface area contributed by atoms with E-state index in [1.165, 1.54) is 0 Å². The Morgan fingerprint density at radius 2 is 2.36 bits per heavy atom. The second kappa shape index (κ2) is 7.15. The number of nitrogens with one attached hydrogen (secondary N) is 2. The summed E-state index contributed by atoms with van der Waals surface area (Å²) in [5.41, 5.74) is 7.35. The minimum absolute atomic E-state index is 0.0553. The number of rotatable bonds is 5. The van der Waals surface area contributed by atoms with Crippen molar-refractivity contribution in [3.63, 3.8) is 0 Å². The Kier molecular flexibility index (Phi) is 6.49. The van der Waals surface area contributed by atoms with Crippen LogP contribution in [0.4, 0.5) is 0 Å². The molecule has 0 aliphatic heterocycles. The van der Waals surface area contributed by atoms with Crippen molar-refractivity contribution in [2.75, 3.05) is 0 Å². The van der Waals surface area contributed by atoms with Crippen LogP contribution < -0.4 is 11.2 Å². The Morgan fingerprint density at radius 3 is 2.86 bits per heavy atom. The van der Waals surface area contributed by atoms with E-state index in [0.717, 1.165) is 0 Å². The van der Waals surface area contributed by atoms with Gasteiger partial charge in [-0.1, -0.05) is 31.7 Å². The number of nitrogens with zero attached hydrogens (tertiary/aromatic N) is 1. The quantitative estimate of drug-likeness (QED) is 0.213. The van der Waals surface area contributed by atoms with Gasteiger partial charge in [-0.3, -0.25) is 5.41 Å². The molecule has 4 nitrogen and oxygen atoms in total. The van der Waals surface area contributed by atoms with Gasteiger partial charge in [0.05, 0.1) is 5.38 Å². The van der Waals surface area contributed by atoms with E-state index >= 15 is 0 Å². The number of guanidine groups is 1. The lowest BCUT2D eigenvalue weighted by atomic mass is 10.1. The Hall–Kier alpha value is -1.29. The fraction of sp³-hybridized carbons (Fsp3) is 0.333. The maximum atomic E-state index is 6.85. The normalized spacial score (nSPS) is 15.6. The zero-order valence-corrected chi connectivity index (χ0v) is 8.83. The first kappa shape index (κ1) is 12.7. The number of allylic oxidation sites excluding steroid dienone is 3. The Morgan fingerprint density at radius 1 is 1.71 bits per heavy atom. The Bertz CT molecular complexity index is 247. The lowest BCUT2D eigenvalue weighted by Gasteiger charge is -2.08. The zero-order chi connectivity index (χ0) is 11.0. The van der Waals surface area contributed by atoms with Crippen LogP contribution in [0, 0.1) is 11.3 Å². The monoisotopic (exact) mass is 214 g/mol. The van der Waals surface area contributed by atoms with Crippen LogP contribution in [0.3, 0.4) is 0 Å². The van der Waals surface area contributed by atoms with Gasteiger partial charge >= 0.3 is 0 Å². The summed E-state index contributed by atoms with van der Waals surface area (Å²) in [6.45, 7) is 5.45. The first-order valence-corrected chi connectivity index (χ1v) is 4.58. The van der Waals surface area contributed by atoms with Crippen LogP contribution in [0.5, 0.6) is 0 Å². The highest BCUT2D eigenvalue weighted by Gasteiger charge is 2.07. The van der Waals surface area contributed by atoms with Crippen LogP contribution in [-0.2, 0) is 0 Å². The summed E-state index contributed by atoms with van der Waals surface area (Å²) in [4.78, 5) is 0. The van der Waals surface area contributed by atoms with E-state index in [1.807, 2.05) is 13.0 Å². The molecule has 0 aliphatic rings. The third kappa shape index (κ3) is 6.25. The van der Waals surface area contributed by atoms with Crippen LogP contribution in [-0.4, -0.2) is 17.6 Å². The van der Waals surface area contributed by atoms with Crippen LogP contribution in [0.2, 0.25) is 0 Å². The van der Waals surface area contributed by atoms with E-state index in [1.54, 1.807) is 18.4 Å². The van der Waals surface area contributed by atoms with Gasteiger partial charge in [-0.2, -0.15) is 5.10 Å². The summed E-state index contributed by atoms with van der Waals surface area (Å²) < 4.78 is 0. The summed E-state index contributed by atoms with van der Waals surface area (Å²) in [5.74, 6) is -0.138. The van der Waals surface area contributed by atoms with Crippen molar-refractivity contribution in [2.45, 2.75) is 12.3 Å². The molecule has 0 aliphatic carbocycles. The molecule has 2 unspecified atom stereocenters. The Labute approximate surface area is 89.0 Å². The molecule has 0 aromatic carbocycles. The molecule has 0 bridgehead atoms. The van der Waals surface area contributed by atoms with Gasteiger partial charge in [-0.05, 0) is 0 Å². The molecule has 2 atom stereocenters. The van der Waals surface area contributed by atoms with Crippen LogP contribution >= 0.6 is 11.6 Å². The second-order valence-electron chi connectivity index (χ2n) is 2.73. The highest BCUT2D eigenvalue weighted by Crippen LogP contribution is 2.09. The molecule has 4 N–H and O–H groups in total. The predicted octanol–water partition coefficient (Wildman–Crippen LogP) is 1.44. The number of halogens is 1. The van der Waals surface area contributed by atoms with Crippen molar-refractivity contribution in [1.82, 2.24) is 5.43 Å². The second-order valence-corrected chi connectivity index (χ2v) is 3.23. The first-order valence-electron chi connectivity index (χ1n) is 4.14. The number of hydrazone groups is 1. The minimum atomic E-state index is -0.193. The molecule has 14 heavy (non-hydrogen) atoms. The van der Waals surface area contributed by atoms with Crippen LogP contribution in [0.15, 0.2) is 29.9 Å². The van der Waals surface area contributed by atoms with Crippen molar-refractivity contribution in [3.8, 4) is 0 Å². The molecule has 0 amide bonds. The van der Waals surface area contributed by atoms with Gasteiger partial charge in [0.25, 0.3) is 0 Å². The Balaban J connectivity index is 3.99. The van der Waals surface area contributed by atoms with Crippen LogP contribution in [0.25, 0.3) is 0 Å². The highest BCUT2D eigenvalue weighted by atomic mass is 35.5. The van der Waals surface area contributed by atoms with E-state index < -0.39 is 0 Å². The molecule has 0 rings (SSSR count). The highest BCUT2D eigenvalue weighted by molar-refractivity contribution is 6.22. The molecule has 0 spiro atoms. The van der Waals surface area contributed by atoms with E-state index in [4.69, 9.17) is 22.7 Å². The average Bonchev–Trinajstić information content (AvgIpc) is 2.13. The first-order chi connectivity index (χ1) is 6.57. The summed E-state index contributed by atoms with van der Waals surface area (Å²) >= 11 is 5.99. The molecule has 0 saturated carbocycles. The van der Waals surface area contributed by atoms with Gasteiger partial charge in [-0.15, -0.1) is 11.6 Å². The van der Waals surface area contributed by atoms with Crippen molar-refractivity contribution in [1.29, 1.82) is 5.41 Å². The lowest BCUT2D eigenvalue weighted by molar-refractivity contribution is 0.804. The van der Waals surface area contributed by atoms with Gasteiger partial charge in [0.2, 0.25) is 5.96 Å². The number of nitrogens with two attached hydrogens (primary N) is 1. The van der Waals surface area contributed by atoms with E-state index in [0.29, 0.717) is 0 Å². The molecule has 0 saturated heterocycles. The van der Waals surface area contributed by atoms with Gasteiger partial charge in [0, 0.05) is 12.1 Å². The molecular weight excluding hydrogens is 200 g/mol. The zero-order valence-electron chi connectivity index (χ0n) is 8.07. The molecular formula is C9H15ClN4. The van der Waals surface area contributed by atoms with Gasteiger partial charge in [0.15, 0.2) is 0 Å². The predicted molar refractivity (Wildman–Crippen MR) is 61.7 cm³/mol. The SMILES string of the molecule is C=C/C=C\C(Cl)C(C)/C=N/NC(=N)N.